The molecular formula is C18H22N2. The number of nitrogens with zero attached hydrogens (tertiary/aromatic N) is 1. The van der Waals surface area contributed by atoms with Crippen LogP contribution in [0.3, 0.4) is 0 Å². The van der Waals surface area contributed by atoms with Crippen molar-refractivity contribution < 1.29 is 0 Å². The summed E-state index contributed by atoms with van der Waals surface area (Å²) >= 11 is 0. The largest absolute Gasteiger partial charge is 0.309 e. The zero-order chi connectivity index (χ0) is 13.9. The van der Waals surface area contributed by atoms with Gasteiger partial charge in [-0.3, -0.25) is 4.98 Å². The molecule has 0 amide bonds. The molecule has 1 aliphatic carbocycles. The van der Waals surface area contributed by atoms with Gasteiger partial charge in [0.2, 0.25) is 0 Å². The van der Waals surface area contributed by atoms with Crippen LogP contribution in [0.1, 0.15) is 42.1 Å². The van der Waals surface area contributed by atoms with Crippen molar-refractivity contribution >= 4 is 0 Å². The van der Waals surface area contributed by atoms with Crippen molar-refractivity contribution in [3.63, 3.8) is 0 Å². The summed E-state index contributed by atoms with van der Waals surface area (Å²) in [6, 6.07) is 15.4. The van der Waals surface area contributed by atoms with Gasteiger partial charge in [-0.25, -0.2) is 0 Å². The maximum Gasteiger partial charge on any atom is 0.0605 e. The van der Waals surface area contributed by atoms with Crippen LogP contribution < -0.4 is 5.32 Å². The number of aromatic nitrogens is 1. The van der Waals surface area contributed by atoms with Crippen LogP contribution in [0.2, 0.25) is 0 Å². The van der Waals surface area contributed by atoms with Gasteiger partial charge in [0, 0.05) is 6.20 Å². The molecule has 0 saturated heterocycles. The number of benzene rings is 1. The molecule has 3 atom stereocenters. The van der Waals surface area contributed by atoms with Crippen LogP contribution in [0.25, 0.3) is 0 Å². The van der Waals surface area contributed by atoms with E-state index in [0.717, 1.165) is 6.54 Å². The van der Waals surface area contributed by atoms with Crippen LogP contribution >= 0.6 is 0 Å². The molecule has 0 aliphatic heterocycles. The van der Waals surface area contributed by atoms with Gasteiger partial charge in [0.25, 0.3) is 0 Å². The number of aryl methyl sites for hydroxylation is 1. The van der Waals surface area contributed by atoms with Gasteiger partial charge in [0.05, 0.1) is 11.7 Å². The predicted octanol–water partition coefficient (Wildman–Crippen LogP) is 3.84. The molecule has 3 unspecified atom stereocenters. The van der Waals surface area contributed by atoms with Gasteiger partial charge in [-0.05, 0) is 48.9 Å². The lowest BCUT2D eigenvalue weighted by molar-refractivity contribution is 0.474. The summed E-state index contributed by atoms with van der Waals surface area (Å²) in [5.41, 5.74) is 3.98. The number of nitrogens with one attached hydrogen (secondary N) is 1. The fourth-order valence-electron chi connectivity index (χ4n) is 3.16. The van der Waals surface area contributed by atoms with Crippen LogP contribution in [-0.4, -0.2) is 11.5 Å². The molecule has 0 radical (unpaired) electrons. The third-order valence-electron chi connectivity index (χ3n) is 4.26. The Hall–Kier alpha value is -1.67. The van der Waals surface area contributed by atoms with E-state index in [0.29, 0.717) is 17.9 Å². The fraction of sp³-hybridized carbons (Fsp3) is 0.389. The Morgan fingerprint density at radius 3 is 2.70 bits per heavy atom. The highest BCUT2D eigenvalue weighted by Gasteiger charge is 2.44. The normalized spacial score (nSPS) is 22.5. The van der Waals surface area contributed by atoms with Crippen molar-refractivity contribution in [3.8, 4) is 0 Å². The van der Waals surface area contributed by atoms with E-state index in [2.05, 4.69) is 60.5 Å². The highest BCUT2D eigenvalue weighted by Crippen LogP contribution is 2.54. The summed E-state index contributed by atoms with van der Waals surface area (Å²) in [6.45, 7) is 5.32. The predicted molar refractivity (Wildman–Crippen MR) is 82.7 cm³/mol. The third kappa shape index (κ3) is 2.61. The van der Waals surface area contributed by atoms with Crippen LogP contribution in [0.4, 0.5) is 0 Å². The molecule has 3 rings (SSSR count). The highest BCUT2D eigenvalue weighted by atomic mass is 15.0. The minimum absolute atomic E-state index is 0.381. The van der Waals surface area contributed by atoms with Crippen molar-refractivity contribution in [1.29, 1.82) is 0 Å². The molecule has 2 nitrogen and oxygen atoms in total. The average Bonchev–Trinajstić information content (AvgIpc) is 3.27. The first-order valence-corrected chi connectivity index (χ1v) is 7.51. The molecule has 1 heterocycles. The molecule has 20 heavy (non-hydrogen) atoms. The summed E-state index contributed by atoms with van der Waals surface area (Å²) in [6.07, 6.45) is 3.17. The van der Waals surface area contributed by atoms with E-state index in [9.17, 15) is 0 Å². The molecule has 104 valence electrons. The summed E-state index contributed by atoms with van der Waals surface area (Å²) in [5.74, 6) is 1.35. The van der Waals surface area contributed by atoms with Gasteiger partial charge in [0.15, 0.2) is 0 Å². The zero-order valence-corrected chi connectivity index (χ0v) is 12.2. The Bertz CT molecular complexity index is 565. The van der Waals surface area contributed by atoms with Crippen LogP contribution in [0.5, 0.6) is 0 Å². The average molecular weight is 266 g/mol. The van der Waals surface area contributed by atoms with E-state index < -0.39 is 0 Å². The first-order valence-electron chi connectivity index (χ1n) is 7.51. The molecule has 1 fully saturated rings. The lowest BCUT2D eigenvalue weighted by Crippen LogP contribution is -2.25. The first-order chi connectivity index (χ1) is 9.81. The Morgan fingerprint density at radius 1 is 1.20 bits per heavy atom. The molecule has 1 aromatic carbocycles. The number of rotatable bonds is 5. The maximum absolute atomic E-state index is 4.62. The Labute approximate surface area is 121 Å². The summed E-state index contributed by atoms with van der Waals surface area (Å²) in [5, 5.41) is 3.64. The minimum atomic E-state index is 0.381. The van der Waals surface area contributed by atoms with Crippen LogP contribution in [0.15, 0.2) is 48.7 Å². The summed E-state index contributed by atoms with van der Waals surface area (Å²) in [4.78, 5) is 4.62. The SMILES string of the molecule is CCNC(c1ncccc1C)C1CC1c1ccccc1. The summed E-state index contributed by atoms with van der Waals surface area (Å²) in [7, 11) is 0. The van der Waals surface area contributed by atoms with Crippen molar-refractivity contribution in [2.24, 2.45) is 5.92 Å². The topological polar surface area (TPSA) is 24.9 Å². The second-order valence-electron chi connectivity index (χ2n) is 5.66. The molecule has 2 heteroatoms. The van der Waals surface area contributed by atoms with Crippen molar-refractivity contribution in [1.82, 2.24) is 10.3 Å². The lowest BCUT2D eigenvalue weighted by Gasteiger charge is -2.19. The first kappa shape index (κ1) is 13.3. The minimum Gasteiger partial charge on any atom is -0.309 e. The molecule has 0 bridgehead atoms. The van der Waals surface area contributed by atoms with E-state index >= 15 is 0 Å². The van der Waals surface area contributed by atoms with Gasteiger partial charge >= 0.3 is 0 Å². The molecule has 1 saturated carbocycles. The van der Waals surface area contributed by atoms with Crippen molar-refractivity contribution in [2.45, 2.75) is 32.2 Å². The maximum atomic E-state index is 4.62. The van der Waals surface area contributed by atoms with Gasteiger partial charge in [-0.2, -0.15) is 0 Å². The smallest absolute Gasteiger partial charge is 0.0605 e. The van der Waals surface area contributed by atoms with Crippen molar-refractivity contribution in [2.75, 3.05) is 6.54 Å². The second kappa shape index (κ2) is 5.76. The van der Waals surface area contributed by atoms with E-state index in [-0.39, 0.29) is 0 Å². The molecule has 2 aromatic rings. The van der Waals surface area contributed by atoms with Gasteiger partial charge in [-0.15, -0.1) is 0 Å². The van der Waals surface area contributed by atoms with Crippen molar-refractivity contribution in [3.05, 3.63) is 65.5 Å². The highest BCUT2D eigenvalue weighted by molar-refractivity contribution is 5.30. The van der Waals surface area contributed by atoms with E-state index in [1.165, 1.54) is 23.2 Å². The van der Waals surface area contributed by atoms with Crippen LogP contribution in [0, 0.1) is 12.8 Å². The second-order valence-corrected chi connectivity index (χ2v) is 5.66. The van der Waals surface area contributed by atoms with Gasteiger partial charge < -0.3 is 5.32 Å². The Kier molecular flexibility index (Phi) is 3.83. The van der Waals surface area contributed by atoms with Crippen LogP contribution in [-0.2, 0) is 0 Å². The Balaban J connectivity index is 1.82. The monoisotopic (exact) mass is 266 g/mol. The van der Waals surface area contributed by atoms with E-state index in [1.807, 2.05) is 12.3 Å². The van der Waals surface area contributed by atoms with E-state index in [4.69, 9.17) is 0 Å². The standard InChI is InChI=1S/C18H22N2/c1-3-19-18(17-13(2)8-7-11-20-17)16-12-15(16)14-9-5-4-6-10-14/h4-11,15-16,18-19H,3,12H2,1-2H3. The summed E-state index contributed by atoms with van der Waals surface area (Å²) < 4.78 is 0. The molecular weight excluding hydrogens is 244 g/mol. The fourth-order valence-corrected chi connectivity index (χ4v) is 3.16. The van der Waals surface area contributed by atoms with Gasteiger partial charge in [0.1, 0.15) is 0 Å². The molecule has 1 N–H and O–H groups in total. The molecule has 1 aromatic heterocycles. The quantitative estimate of drug-likeness (QED) is 0.889. The number of hydrogen-bond acceptors (Lipinski definition) is 2. The molecule has 1 aliphatic rings. The number of hydrogen-bond donors (Lipinski definition) is 1. The zero-order valence-electron chi connectivity index (χ0n) is 12.2. The van der Waals surface area contributed by atoms with Gasteiger partial charge in [-0.1, -0.05) is 43.3 Å². The lowest BCUT2D eigenvalue weighted by atomic mass is 10.00. The molecule has 0 spiro atoms. The van der Waals surface area contributed by atoms with E-state index in [1.54, 1.807) is 0 Å². The third-order valence-corrected chi connectivity index (χ3v) is 4.26. The number of pyridine rings is 1. The Morgan fingerprint density at radius 2 is 2.00 bits per heavy atom.